The van der Waals surface area contributed by atoms with Crippen molar-refractivity contribution < 1.29 is 0 Å². The summed E-state index contributed by atoms with van der Waals surface area (Å²) in [6.45, 7) is 7.11. The fourth-order valence-corrected chi connectivity index (χ4v) is 1.90. The van der Waals surface area contributed by atoms with Gasteiger partial charge in [0.05, 0.1) is 0 Å². The molecule has 2 aromatic rings. The van der Waals surface area contributed by atoms with Gasteiger partial charge in [-0.1, -0.05) is 31.0 Å². The summed E-state index contributed by atoms with van der Waals surface area (Å²) in [7, 11) is 0. The Kier molecular flexibility index (Phi) is 4.93. The summed E-state index contributed by atoms with van der Waals surface area (Å²) in [6.07, 6.45) is 2.31. The first kappa shape index (κ1) is 14.3. The first-order chi connectivity index (χ1) is 9.67. The average Bonchev–Trinajstić information content (AvgIpc) is 2.41. The van der Waals surface area contributed by atoms with Crippen LogP contribution < -0.4 is 10.6 Å². The van der Waals surface area contributed by atoms with E-state index in [9.17, 15) is 0 Å². The van der Waals surface area contributed by atoms with Gasteiger partial charge in [-0.3, -0.25) is 0 Å². The number of anilines is 3. The first-order valence-corrected chi connectivity index (χ1v) is 7.10. The first-order valence-electron chi connectivity index (χ1n) is 7.10. The number of aryl methyl sites for hydroxylation is 2. The zero-order chi connectivity index (χ0) is 14.4. The highest BCUT2D eigenvalue weighted by Crippen LogP contribution is 2.17. The van der Waals surface area contributed by atoms with Crippen LogP contribution in [0.5, 0.6) is 0 Å². The van der Waals surface area contributed by atoms with E-state index in [1.54, 1.807) is 0 Å². The van der Waals surface area contributed by atoms with E-state index in [4.69, 9.17) is 0 Å². The maximum Gasteiger partial charge on any atom is 0.136 e. The van der Waals surface area contributed by atoms with Crippen molar-refractivity contribution in [3.8, 4) is 0 Å². The van der Waals surface area contributed by atoms with Gasteiger partial charge in [-0.05, 0) is 32.4 Å². The number of hydrogen-bond acceptors (Lipinski definition) is 4. The number of rotatable bonds is 6. The summed E-state index contributed by atoms with van der Waals surface area (Å²) < 4.78 is 0. The second-order valence-electron chi connectivity index (χ2n) is 4.96. The Labute approximate surface area is 120 Å². The monoisotopic (exact) mass is 270 g/mol. The van der Waals surface area contributed by atoms with E-state index in [1.165, 1.54) is 12.0 Å². The van der Waals surface area contributed by atoms with Gasteiger partial charge in [0.25, 0.3) is 0 Å². The lowest BCUT2D eigenvalue weighted by molar-refractivity contribution is 0.829. The van der Waals surface area contributed by atoms with E-state index in [1.807, 2.05) is 13.0 Å². The van der Waals surface area contributed by atoms with Gasteiger partial charge in [-0.25, -0.2) is 9.97 Å². The highest BCUT2D eigenvalue weighted by Gasteiger charge is 2.02. The molecular formula is C16H22N4. The minimum absolute atomic E-state index is 0.765. The predicted octanol–water partition coefficient (Wildman–Crippen LogP) is 4.05. The van der Waals surface area contributed by atoms with Crippen LogP contribution in [0, 0.1) is 13.8 Å². The second-order valence-corrected chi connectivity index (χ2v) is 4.96. The Morgan fingerprint density at radius 3 is 2.40 bits per heavy atom. The smallest absolute Gasteiger partial charge is 0.136 e. The molecule has 1 aromatic heterocycles. The SMILES string of the molecule is CCCCNc1cc(Nc2ccc(C)cc2)nc(C)n1. The fraction of sp³-hybridized carbons (Fsp3) is 0.375. The lowest BCUT2D eigenvalue weighted by atomic mass is 10.2. The molecule has 0 aliphatic carbocycles. The molecule has 2 N–H and O–H groups in total. The molecule has 0 spiro atoms. The Balaban J connectivity index is 2.09. The molecule has 0 saturated carbocycles. The topological polar surface area (TPSA) is 49.8 Å². The standard InChI is InChI=1S/C16H22N4/c1-4-5-10-17-15-11-16(19-13(3)18-15)20-14-8-6-12(2)7-9-14/h6-9,11H,4-5,10H2,1-3H3,(H2,17,18,19,20). The largest absolute Gasteiger partial charge is 0.370 e. The Morgan fingerprint density at radius 1 is 1.00 bits per heavy atom. The third-order valence-electron chi connectivity index (χ3n) is 3.00. The second kappa shape index (κ2) is 6.89. The highest BCUT2D eigenvalue weighted by molar-refractivity contribution is 5.59. The van der Waals surface area contributed by atoms with Crippen LogP contribution in [0.25, 0.3) is 0 Å². The minimum Gasteiger partial charge on any atom is -0.370 e. The Morgan fingerprint density at radius 2 is 1.70 bits per heavy atom. The number of nitrogens with zero attached hydrogens (tertiary/aromatic N) is 2. The zero-order valence-electron chi connectivity index (χ0n) is 12.4. The van der Waals surface area contributed by atoms with Crippen LogP contribution >= 0.6 is 0 Å². The molecule has 0 saturated heterocycles. The molecule has 0 amide bonds. The molecule has 106 valence electrons. The summed E-state index contributed by atoms with van der Waals surface area (Å²) in [5.41, 5.74) is 2.28. The lowest BCUT2D eigenvalue weighted by Gasteiger charge is -2.10. The van der Waals surface area contributed by atoms with Crippen LogP contribution in [0.4, 0.5) is 17.3 Å². The van der Waals surface area contributed by atoms with Crippen molar-refractivity contribution in [2.45, 2.75) is 33.6 Å². The van der Waals surface area contributed by atoms with Crippen molar-refractivity contribution in [2.24, 2.45) is 0 Å². The number of aromatic nitrogens is 2. The summed E-state index contributed by atoms with van der Waals surface area (Å²) in [6, 6.07) is 10.2. The van der Waals surface area contributed by atoms with E-state index >= 15 is 0 Å². The maximum atomic E-state index is 4.42. The van der Waals surface area contributed by atoms with Crippen LogP contribution in [0.2, 0.25) is 0 Å². The molecule has 2 rings (SSSR count). The average molecular weight is 270 g/mol. The summed E-state index contributed by atoms with van der Waals surface area (Å²) >= 11 is 0. The molecule has 4 heteroatoms. The van der Waals surface area contributed by atoms with E-state index in [-0.39, 0.29) is 0 Å². The molecule has 1 heterocycles. The molecule has 20 heavy (non-hydrogen) atoms. The number of hydrogen-bond donors (Lipinski definition) is 2. The third kappa shape index (κ3) is 4.23. The van der Waals surface area contributed by atoms with E-state index in [0.717, 1.165) is 36.1 Å². The van der Waals surface area contributed by atoms with Crippen LogP contribution in [-0.4, -0.2) is 16.5 Å². The van der Waals surface area contributed by atoms with E-state index in [2.05, 4.69) is 58.7 Å². The summed E-state index contributed by atoms with van der Waals surface area (Å²) in [4.78, 5) is 8.82. The van der Waals surface area contributed by atoms with Gasteiger partial charge in [0.1, 0.15) is 17.5 Å². The Bertz CT molecular complexity index is 549. The lowest BCUT2D eigenvalue weighted by Crippen LogP contribution is -2.06. The minimum atomic E-state index is 0.765. The zero-order valence-corrected chi connectivity index (χ0v) is 12.4. The molecule has 0 radical (unpaired) electrons. The molecule has 0 aliphatic rings. The van der Waals surface area contributed by atoms with Crippen LogP contribution in [0.3, 0.4) is 0 Å². The molecular weight excluding hydrogens is 248 g/mol. The number of benzene rings is 1. The van der Waals surface area contributed by atoms with Gasteiger partial charge >= 0.3 is 0 Å². The number of nitrogens with one attached hydrogen (secondary N) is 2. The van der Waals surface area contributed by atoms with Crippen LogP contribution in [-0.2, 0) is 0 Å². The van der Waals surface area contributed by atoms with Gasteiger partial charge in [-0.15, -0.1) is 0 Å². The van der Waals surface area contributed by atoms with Crippen molar-refractivity contribution in [3.05, 3.63) is 41.7 Å². The van der Waals surface area contributed by atoms with Crippen molar-refractivity contribution >= 4 is 17.3 Å². The van der Waals surface area contributed by atoms with Gasteiger partial charge in [0.2, 0.25) is 0 Å². The molecule has 0 fully saturated rings. The van der Waals surface area contributed by atoms with Crippen molar-refractivity contribution in [1.29, 1.82) is 0 Å². The van der Waals surface area contributed by atoms with E-state index < -0.39 is 0 Å². The number of unbranched alkanes of at least 4 members (excludes halogenated alkanes) is 1. The van der Waals surface area contributed by atoms with Crippen molar-refractivity contribution in [2.75, 3.05) is 17.2 Å². The van der Waals surface area contributed by atoms with Gasteiger partial charge in [0, 0.05) is 18.3 Å². The van der Waals surface area contributed by atoms with Gasteiger partial charge < -0.3 is 10.6 Å². The quantitative estimate of drug-likeness (QED) is 0.777. The summed E-state index contributed by atoms with van der Waals surface area (Å²) in [5, 5.41) is 6.64. The third-order valence-corrected chi connectivity index (χ3v) is 3.00. The van der Waals surface area contributed by atoms with Gasteiger partial charge in [0.15, 0.2) is 0 Å². The molecule has 0 atom stereocenters. The molecule has 0 aliphatic heterocycles. The Hall–Kier alpha value is -2.10. The van der Waals surface area contributed by atoms with Gasteiger partial charge in [-0.2, -0.15) is 0 Å². The van der Waals surface area contributed by atoms with Crippen LogP contribution in [0.1, 0.15) is 31.2 Å². The molecule has 0 bridgehead atoms. The van der Waals surface area contributed by atoms with Crippen molar-refractivity contribution in [1.82, 2.24) is 9.97 Å². The van der Waals surface area contributed by atoms with E-state index in [0.29, 0.717) is 0 Å². The summed E-state index contributed by atoms with van der Waals surface area (Å²) in [5.74, 6) is 2.46. The van der Waals surface area contributed by atoms with Crippen LogP contribution in [0.15, 0.2) is 30.3 Å². The fourth-order valence-electron chi connectivity index (χ4n) is 1.90. The normalized spacial score (nSPS) is 10.3. The maximum absolute atomic E-state index is 4.42. The highest BCUT2D eigenvalue weighted by atomic mass is 15.1. The predicted molar refractivity (Wildman–Crippen MR) is 84.6 cm³/mol. The van der Waals surface area contributed by atoms with Crippen molar-refractivity contribution in [3.63, 3.8) is 0 Å². The molecule has 4 nitrogen and oxygen atoms in total. The molecule has 0 unspecified atom stereocenters. The molecule has 1 aromatic carbocycles.